The number of hydroxylamine groups is 2. The fraction of sp³-hybridized carbons (Fsp3) is 0.143. The van der Waals surface area contributed by atoms with E-state index < -0.39 is 10.0 Å². The topological polar surface area (TPSA) is 82.3 Å². The van der Waals surface area contributed by atoms with Gasteiger partial charge in [0.1, 0.15) is 0 Å². The second kappa shape index (κ2) is 6.02. The summed E-state index contributed by atoms with van der Waals surface area (Å²) in [5.74, 6) is 0. The molecule has 0 fully saturated rings. The van der Waals surface area contributed by atoms with Crippen LogP contribution in [0.1, 0.15) is 11.1 Å². The minimum atomic E-state index is -3.85. The number of hydrogen-bond donors (Lipinski definition) is 1. The molecule has 0 radical (unpaired) electrons. The van der Waals surface area contributed by atoms with Crippen molar-refractivity contribution in [1.82, 2.24) is 5.06 Å². The molecule has 0 saturated carbocycles. The molecule has 0 atom stereocenters. The minimum Gasteiger partial charge on any atom is -0.284 e. The van der Waals surface area contributed by atoms with Crippen molar-refractivity contribution in [2.24, 2.45) is 9.63 Å². The maximum absolute atomic E-state index is 12.0. The van der Waals surface area contributed by atoms with Gasteiger partial charge < -0.3 is 0 Å². The molecule has 6 nitrogen and oxygen atoms in total. The van der Waals surface area contributed by atoms with Crippen LogP contribution in [-0.4, -0.2) is 18.7 Å². The molecule has 0 aliphatic carbocycles. The molecule has 1 N–H and O–H groups in total. The molecule has 0 amide bonds. The third-order valence-electron chi connectivity index (χ3n) is 2.99. The van der Waals surface area contributed by atoms with Crippen LogP contribution in [0.4, 0.5) is 0 Å². The van der Waals surface area contributed by atoms with Gasteiger partial charge in [0.15, 0.2) is 0 Å². The fourth-order valence-corrected chi connectivity index (χ4v) is 2.45. The average Bonchev–Trinajstić information content (AvgIpc) is 2.44. The predicted molar refractivity (Wildman–Crippen MR) is 77.9 cm³/mol. The standard InChI is InChI=1S/C14H15N3O3S/c1-11-6-7-14(9-12(11)2)21(19,20)16-15-10-13-5-3-4-8-17(13)18/h3-10,18H,1-2H3/b13-10-,16-15?. The minimum absolute atomic E-state index is 0.0905. The number of rotatable bonds is 3. The predicted octanol–water partition coefficient (Wildman–Crippen LogP) is 3.06. The Bertz CT molecular complexity index is 762. The van der Waals surface area contributed by atoms with E-state index in [0.717, 1.165) is 16.2 Å². The van der Waals surface area contributed by atoms with Gasteiger partial charge in [-0.05, 0) is 49.3 Å². The second-order valence-electron chi connectivity index (χ2n) is 4.52. The van der Waals surface area contributed by atoms with Gasteiger partial charge in [-0.25, -0.2) is 5.06 Å². The van der Waals surface area contributed by atoms with E-state index in [0.29, 0.717) is 5.70 Å². The van der Waals surface area contributed by atoms with E-state index in [1.54, 1.807) is 30.4 Å². The third-order valence-corrected chi connectivity index (χ3v) is 4.15. The lowest BCUT2D eigenvalue weighted by atomic mass is 10.1. The molecule has 110 valence electrons. The maximum Gasteiger partial charge on any atom is 0.299 e. The number of hydrogen-bond acceptors (Lipinski definition) is 5. The summed E-state index contributed by atoms with van der Waals surface area (Å²) in [5.41, 5.74) is 2.19. The van der Waals surface area contributed by atoms with Crippen molar-refractivity contribution in [2.75, 3.05) is 0 Å². The molecular formula is C14H15N3O3S. The zero-order chi connectivity index (χ0) is 15.5. The summed E-state index contributed by atoms with van der Waals surface area (Å²) in [4.78, 5) is 0.0905. The van der Waals surface area contributed by atoms with Crippen LogP contribution in [0, 0.1) is 13.8 Å². The van der Waals surface area contributed by atoms with Crippen molar-refractivity contribution >= 4 is 10.0 Å². The monoisotopic (exact) mass is 305 g/mol. The third kappa shape index (κ3) is 3.65. The lowest BCUT2D eigenvalue weighted by Gasteiger charge is -2.13. The second-order valence-corrected chi connectivity index (χ2v) is 6.10. The van der Waals surface area contributed by atoms with E-state index in [4.69, 9.17) is 0 Å². The van der Waals surface area contributed by atoms with Crippen molar-refractivity contribution in [3.8, 4) is 0 Å². The molecule has 0 unspecified atom stereocenters. The largest absolute Gasteiger partial charge is 0.299 e. The molecule has 1 heterocycles. The summed E-state index contributed by atoms with van der Waals surface area (Å²) in [6.45, 7) is 3.73. The van der Waals surface area contributed by atoms with Crippen molar-refractivity contribution in [3.05, 3.63) is 65.7 Å². The molecule has 1 aromatic rings. The summed E-state index contributed by atoms with van der Waals surface area (Å²) < 4.78 is 27.4. The fourth-order valence-electron chi connectivity index (χ4n) is 1.62. The molecule has 1 aromatic carbocycles. The van der Waals surface area contributed by atoms with E-state index in [1.807, 2.05) is 13.8 Å². The summed E-state index contributed by atoms with van der Waals surface area (Å²) in [7, 11) is -3.85. The molecule has 0 aromatic heterocycles. The number of sulfonamides is 1. The maximum atomic E-state index is 12.0. The SMILES string of the molecule is Cc1ccc(S(=O)(=O)N=N/C=C2/C=CC=CN2O)cc1C. The van der Waals surface area contributed by atoms with E-state index in [1.165, 1.54) is 18.5 Å². The van der Waals surface area contributed by atoms with Crippen molar-refractivity contribution < 1.29 is 13.6 Å². The van der Waals surface area contributed by atoms with E-state index >= 15 is 0 Å². The van der Waals surface area contributed by atoms with E-state index in [2.05, 4.69) is 9.63 Å². The first-order valence-electron chi connectivity index (χ1n) is 6.18. The lowest BCUT2D eigenvalue weighted by molar-refractivity contribution is -0.000512. The van der Waals surface area contributed by atoms with Crippen LogP contribution in [-0.2, 0) is 10.0 Å². The van der Waals surface area contributed by atoms with Crippen LogP contribution in [0.2, 0.25) is 0 Å². The number of nitrogens with zero attached hydrogens (tertiary/aromatic N) is 3. The molecule has 1 aliphatic heterocycles. The molecule has 2 rings (SSSR count). The zero-order valence-corrected chi connectivity index (χ0v) is 12.4. The molecule has 7 heteroatoms. The van der Waals surface area contributed by atoms with E-state index in [9.17, 15) is 13.6 Å². The Hall–Kier alpha value is -2.25. The first kappa shape index (κ1) is 15.1. The Morgan fingerprint density at radius 2 is 1.95 bits per heavy atom. The Labute approximate surface area is 123 Å². The quantitative estimate of drug-likeness (QED) is 0.870. The number of aryl methyl sites for hydroxylation is 2. The average molecular weight is 305 g/mol. The molecule has 0 bridgehead atoms. The number of benzene rings is 1. The molecule has 21 heavy (non-hydrogen) atoms. The molecule has 0 saturated heterocycles. The van der Waals surface area contributed by atoms with Crippen LogP contribution >= 0.6 is 0 Å². The summed E-state index contributed by atoms with van der Waals surface area (Å²) in [6, 6.07) is 4.77. The molecule has 1 aliphatic rings. The van der Waals surface area contributed by atoms with Gasteiger partial charge in [0.25, 0.3) is 10.0 Å². The van der Waals surface area contributed by atoms with Gasteiger partial charge in [0.05, 0.1) is 16.8 Å². The Morgan fingerprint density at radius 3 is 2.62 bits per heavy atom. The highest BCUT2D eigenvalue weighted by atomic mass is 32.2. The van der Waals surface area contributed by atoms with Crippen molar-refractivity contribution in [2.45, 2.75) is 18.7 Å². The Morgan fingerprint density at radius 1 is 1.19 bits per heavy atom. The molecular weight excluding hydrogens is 290 g/mol. The van der Waals surface area contributed by atoms with Crippen LogP contribution in [0.5, 0.6) is 0 Å². The first-order chi connectivity index (χ1) is 9.90. The van der Waals surface area contributed by atoms with Gasteiger partial charge in [0.2, 0.25) is 0 Å². The highest BCUT2D eigenvalue weighted by Gasteiger charge is 2.13. The van der Waals surface area contributed by atoms with Crippen molar-refractivity contribution in [1.29, 1.82) is 0 Å². The summed E-state index contributed by atoms with van der Waals surface area (Å²) in [5, 5.41) is 13.8. The highest BCUT2D eigenvalue weighted by Crippen LogP contribution is 2.17. The van der Waals surface area contributed by atoms with Crippen LogP contribution < -0.4 is 0 Å². The Balaban J connectivity index is 2.23. The van der Waals surface area contributed by atoms with E-state index in [-0.39, 0.29) is 4.90 Å². The first-order valence-corrected chi connectivity index (χ1v) is 7.62. The summed E-state index contributed by atoms with van der Waals surface area (Å²) in [6.07, 6.45) is 7.45. The van der Waals surface area contributed by atoms with Gasteiger partial charge in [-0.15, -0.1) is 5.11 Å². The normalized spacial score (nSPS) is 17.1. The smallest absolute Gasteiger partial charge is 0.284 e. The van der Waals surface area contributed by atoms with Crippen molar-refractivity contribution in [3.63, 3.8) is 0 Å². The summed E-state index contributed by atoms with van der Waals surface area (Å²) >= 11 is 0. The zero-order valence-electron chi connectivity index (χ0n) is 11.6. The number of allylic oxidation sites excluding steroid dienone is 3. The van der Waals surface area contributed by atoms with Crippen LogP contribution in [0.15, 0.2) is 69.1 Å². The van der Waals surface area contributed by atoms with Gasteiger partial charge in [-0.1, -0.05) is 16.7 Å². The van der Waals surface area contributed by atoms with Gasteiger partial charge in [0, 0.05) is 6.20 Å². The van der Waals surface area contributed by atoms with Gasteiger partial charge >= 0.3 is 0 Å². The Kier molecular flexibility index (Phi) is 4.35. The lowest BCUT2D eigenvalue weighted by Crippen LogP contribution is -2.10. The highest BCUT2D eigenvalue weighted by molar-refractivity contribution is 7.90. The van der Waals surface area contributed by atoms with Crippen LogP contribution in [0.3, 0.4) is 0 Å². The van der Waals surface area contributed by atoms with Crippen LogP contribution in [0.25, 0.3) is 0 Å². The van der Waals surface area contributed by atoms with Gasteiger partial charge in [-0.3, -0.25) is 5.21 Å². The van der Waals surface area contributed by atoms with Gasteiger partial charge in [-0.2, -0.15) is 8.42 Å². The molecule has 0 spiro atoms.